The first-order valence-corrected chi connectivity index (χ1v) is 11.0. The number of carbonyl (C=O) groups excluding carboxylic acids is 1. The molecule has 0 amide bonds. The van der Waals surface area contributed by atoms with Crippen molar-refractivity contribution in [3.63, 3.8) is 0 Å². The van der Waals surface area contributed by atoms with Crippen LogP contribution < -0.4 is 14.2 Å². The number of ether oxygens (including phenoxy) is 4. The number of carbonyl (C=O) groups is 1. The molecular weight excluding hydrogens is 428 g/mol. The molecule has 0 saturated carbocycles. The highest BCUT2D eigenvalue weighted by atomic mass is 16.5. The number of benzene rings is 4. The van der Waals surface area contributed by atoms with Gasteiger partial charge in [0.05, 0.1) is 26.9 Å². The summed E-state index contributed by atoms with van der Waals surface area (Å²) in [6.07, 6.45) is 3.62. The topological polar surface area (TPSA) is 54.0 Å². The standard InChI is InChI=1S/C29H24O5/c1-31-24-16-21-22(17-25(24)32-2)28-20(14-15-23(34-28)18-10-6-4-7-11-18)27(29(30)33-3)26(21)19-12-8-5-9-13-19/h4-17,23H,1-3H3. The average molecular weight is 453 g/mol. The van der Waals surface area contributed by atoms with Gasteiger partial charge in [-0.05, 0) is 34.7 Å². The van der Waals surface area contributed by atoms with E-state index >= 15 is 0 Å². The second kappa shape index (κ2) is 8.94. The van der Waals surface area contributed by atoms with E-state index in [1.807, 2.05) is 84.9 Å². The maximum Gasteiger partial charge on any atom is 0.339 e. The molecule has 1 unspecified atom stereocenters. The fourth-order valence-electron chi connectivity index (χ4n) is 4.48. The lowest BCUT2D eigenvalue weighted by atomic mass is 9.87. The van der Waals surface area contributed by atoms with Gasteiger partial charge < -0.3 is 18.9 Å². The Hall–Kier alpha value is -4.25. The molecule has 0 saturated heterocycles. The van der Waals surface area contributed by atoms with Crippen molar-refractivity contribution in [1.82, 2.24) is 0 Å². The van der Waals surface area contributed by atoms with Crippen molar-refractivity contribution in [3.05, 3.63) is 95.6 Å². The number of fused-ring (bicyclic) bond motifs is 3. The van der Waals surface area contributed by atoms with Crippen LogP contribution in [0.25, 0.3) is 28.0 Å². The van der Waals surface area contributed by atoms with E-state index in [1.165, 1.54) is 7.11 Å². The number of hydrogen-bond acceptors (Lipinski definition) is 5. The highest BCUT2D eigenvalue weighted by Crippen LogP contribution is 2.48. The molecule has 4 aromatic rings. The van der Waals surface area contributed by atoms with Gasteiger partial charge in [0.25, 0.3) is 0 Å². The zero-order valence-electron chi connectivity index (χ0n) is 19.2. The second-order valence-electron chi connectivity index (χ2n) is 7.91. The van der Waals surface area contributed by atoms with Crippen LogP contribution in [-0.4, -0.2) is 27.3 Å². The molecule has 0 bridgehead atoms. The van der Waals surface area contributed by atoms with E-state index in [4.69, 9.17) is 18.9 Å². The monoisotopic (exact) mass is 452 g/mol. The summed E-state index contributed by atoms with van der Waals surface area (Å²) in [5.74, 6) is 1.32. The minimum atomic E-state index is -0.432. The summed E-state index contributed by atoms with van der Waals surface area (Å²) in [6.45, 7) is 0. The molecule has 0 fully saturated rings. The molecule has 0 N–H and O–H groups in total. The van der Waals surface area contributed by atoms with Crippen LogP contribution in [0, 0.1) is 0 Å². The molecule has 1 heterocycles. The first kappa shape index (κ1) is 21.6. The minimum absolute atomic E-state index is 0.293. The maximum atomic E-state index is 13.2. The first-order chi connectivity index (χ1) is 16.7. The molecule has 0 aromatic heterocycles. The fraction of sp³-hybridized carbons (Fsp3) is 0.138. The summed E-state index contributed by atoms with van der Waals surface area (Å²) in [5.41, 5.74) is 3.80. The third-order valence-electron chi connectivity index (χ3n) is 6.06. The molecule has 0 aliphatic carbocycles. The van der Waals surface area contributed by atoms with Crippen LogP contribution in [0.4, 0.5) is 0 Å². The Morgan fingerprint density at radius 3 is 2.06 bits per heavy atom. The normalized spacial score (nSPS) is 14.3. The summed E-state index contributed by atoms with van der Waals surface area (Å²) in [4.78, 5) is 13.2. The third-order valence-corrected chi connectivity index (χ3v) is 6.06. The molecule has 5 nitrogen and oxygen atoms in total. The zero-order valence-corrected chi connectivity index (χ0v) is 19.2. The van der Waals surface area contributed by atoms with Crippen molar-refractivity contribution in [1.29, 1.82) is 0 Å². The van der Waals surface area contributed by atoms with Crippen LogP contribution in [0.5, 0.6) is 17.2 Å². The zero-order chi connectivity index (χ0) is 23.7. The number of methoxy groups -OCH3 is 3. The molecule has 34 heavy (non-hydrogen) atoms. The van der Waals surface area contributed by atoms with Crippen LogP contribution in [0.15, 0.2) is 78.9 Å². The van der Waals surface area contributed by atoms with Gasteiger partial charge in [0.2, 0.25) is 0 Å². The molecule has 1 aliphatic heterocycles. The average Bonchev–Trinajstić information content (AvgIpc) is 2.91. The van der Waals surface area contributed by atoms with E-state index in [1.54, 1.807) is 14.2 Å². The highest BCUT2D eigenvalue weighted by Gasteiger charge is 2.30. The maximum absolute atomic E-state index is 13.2. The molecular formula is C29H24O5. The van der Waals surface area contributed by atoms with Crippen molar-refractivity contribution in [2.75, 3.05) is 21.3 Å². The Bertz CT molecular complexity index is 1390. The van der Waals surface area contributed by atoms with E-state index in [0.29, 0.717) is 28.4 Å². The van der Waals surface area contributed by atoms with Gasteiger partial charge >= 0.3 is 5.97 Å². The van der Waals surface area contributed by atoms with Crippen molar-refractivity contribution < 1.29 is 23.7 Å². The van der Waals surface area contributed by atoms with Gasteiger partial charge in [0, 0.05) is 16.5 Å². The molecule has 1 aliphatic rings. The molecule has 1 atom stereocenters. The first-order valence-electron chi connectivity index (χ1n) is 11.0. The van der Waals surface area contributed by atoms with Gasteiger partial charge in [-0.2, -0.15) is 0 Å². The summed E-state index contributed by atoms with van der Waals surface area (Å²) in [6, 6.07) is 23.5. The lowest BCUT2D eigenvalue weighted by Gasteiger charge is -2.27. The largest absolute Gasteiger partial charge is 0.493 e. The lowest BCUT2D eigenvalue weighted by molar-refractivity contribution is 0.0600. The predicted octanol–water partition coefficient (Wildman–Crippen LogP) is 6.46. The van der Waals surface area contributed by atoms with Crippen molar-refractivity contribution in [2.45, 2.75) is 6.10 Å². The third kappa shape index (κ3) is 3.55. The molecule has 4 aromatic carbocycles. The van der Waals surface area contributed by atoms with E-state index in [-0.39, 0.29) is 6.10 Å². The Labute approximate surface area is 198 Å². The quantitative estimate of drug-likeness (QED) is 0.325. The van der Waals surface area contributed by atoms with E-state index in [0.717, 1.165) is 27.5 Å². The predicted molar refractivity (Wildman–Crippen MR) is 133 cm³/mol. The number of rotatable bonds is 5. The van der Waals surface area contributed by atoms with Gasteiger partial charge in [-0.15, -0.1) is 0 Å². The number of hydrogen-bond donors (Lipinski definition) is 0. The lowest BCUT2D eigenvalue weighted by Crippen LogP contribution is -2.14. The molecule has 5 rings (SSSR count). The van der Waals surface area contributed by atoms with Crippen LogP contribution in [-0.2, 0) is 4.74 Å². The van der Waals surface area contributed by atoms with Crippen molar-refractivity contribution >= 4 is 22.8 Å². The van der Waals surface area contributed by atoms with Crippen LogP contribution in [0.2, 0.25) is 0 Å². The minimum Gasteiger partial charge on any atom is -0.493 e. The van der Waals surface area contributed by atoms with Gasteiger partial charge in [0.15, 0.2) is 11.5 Å². The molecule has 170 valence electrons. The fourth-order valence-corrected chi connectivity index (χ4v) is 4.48. The van der Waals surface area contributed by atoms with Gasteiger partial charge in [-0.25, -0.2) is 4.79 Å². The molecule has 0 radical (unpaired) electrons. The Morgan fingerprint density at radius 2 is 1.44 bits per heavy atom. The van der Waals surface area contributed by atoms with E-state index in [2.05, 4.69) is 0 Å². The number of esters is 1. The molecule has 0 spiro atoms. The smallest absolute Gasteiger partial charge is 0.339 e. The SMILES string of the molecule is COC(=O)c1c2c(c3cc(OC)c(OC)cc3c1-c1ccccc1)OC(c1ccccc1)C=C2. The Morgan fingerprint density at radius 1 is 0.824 bits per heavy atom. The van der Waals surface area contributed by atoms with E-state index < -0.39 is 5.97 Å². The summed E-state index contributed by atoms with van der Waals surface area (Å²) in [7, 11) is 4.59. The van der Waals surface area contributed by atoms with Gasteiger partial charge in [-0.1, -0.05) is 66.7 Å². The van der Waals surface area contributed by atoms with E-state index in [9.17, 15) is 4.79 Å². The Kier molecular flexibility index (Phi) is 5.68. The summed E-state index contributed by atoms with van der Waals surface area (Å²) < 4.78 is 23.0. The van der Waals surface area contributed by atoms with Crippen LogP contribution >= 0.6 is 0 Å². The van der Waals surface area contributed by atoms with Crippen molar-refractivity contribution in [3.8, 4) is 28.4 Å². The summed E-state index contributed by atoms with van der Waals surface area (Å²) >= 11 is 0. The van der Waals surface area contributed by atoms with Crippen LogP contribution in [0.3, 0.4) is 0 Å². The van der Waals surface area contributed by atoms with Crippen LogP contribution in [0.1, 0.15) is 27.6 Å². The summed E-state index contributed by atoms with van der Waals surface area (Å²) in [5, 5.41) is 1.63. The molecule has 5 heteroatoms. The highest BCUT2D eigenvalue weighted by molar-refractivity contribution is 6.14. The second-order valence-corrected chi connectivity index (χ2v) is 7.91. The Balaban J connectivity index is 1.88. The van der Waals surface area contributed by atoms with Gasteiger partial charge in [0.1, 0.15) is 11.9 Å². The van der Waals surface area contributed by atoms with Gasteiger partial charge in [-0.3, -0.25) is 0 Å². The van der Waals surface area contributed by atoms with Crippen molar-refractivity contribution in [2.24, 2.45) is 0 Å².